The number of rotatable bonds is 7. The van der Waals surface area contributed by atoms with Gasteiger partial charge in [0.15, 0.2) is 0 Å². The van der Waals surface area contributed by atoms with Crippen molar-refractivity contribution in [1.82, 2.24) is 25.0 Å². The van der Waals surface area contributed by atoms with Gasteiger partial charge in [0.05, 0.1) is 0 Å². The van der Waals surface area contributed by atoms with Crippen LogP contribution >= 0.6 is 11.8 Å². The fourth-order valence-corrected chi connectivity index (χ4v) is 4.32. The maximum absolute atomic E-state index is 12.6. The number of carbonyl (C=O) groups is 1. The van der Waals surface area contributed by atoms with Gasteiger partial charge in [-0.3, -0.25) is 14.7 Å². The van der Waals surface area contributed by atoms with Gasteiger partial charge < -0.3 is 9.32 Å². The van der Waals surface area contributed by atoms with Gasteiger partial charge in [-0.25, -0.2) is 0 Å². The first kappa shape index (κ1) is 20.6. The molecule has 30 heavy (non-hydrogen) atoms. The smallest absolute Gasteiger partial charge is 0.276 e. The van der Waals surface area contributed by atoms with Crippen LogP contribution in [-0.2, 0) is 17.8 Å². The number of aromatic nitrogens is 3. The van der Waals surface area contributed by atoms with Gasteiger partial charge in [-0.1, -0.05) is 36.0 Å². The van der Waals surface area contributed by atoms with Gasteiger partial charge in [0.1, 0.15) is 0 Å². The lowest BCUT2D eigenvalue weighted by Gasteiger charge is -2.36. The van der Waals surface area contributed by atoms with E-state index in [0.29, 0.717) is 29.3 Å². The van der Waals surface area contributed by atoms with Crippen molar-refractivity contribution in [1.29, 1.82) is 0 Å². The van der Waals surface area contributed by atoms with Gasteiger partial charge in [0.25, 0.3) is 5.22 Å². The second kappa shape index (κ2) is 9.40. The molecule has 4 rings (SSSR count). The third kappa shape index (κ3) is 4.88. The van der Waals surface area contributed by atoms with E-state index in [4.69, 9.17) is 4.42 Å². The van der Waals surface area contributed by atoms with E-state index in [1.54, 1.807) is 12.4 Å². The third-order valence-corrected chi connectivity index (χ3v) is 6.22. The highest BCUT2D eigenvalue weighted by Crippen LogP contribution is 2.24. The maximum Gasteiger partial charge on any atom is 0.276 e. The first-order valence-electron chi connectivity index (χ1n) is 9.98. The van der Waals surface area contributed by atoms with Gasteiger partial charge in [-0.05, 0) is 36.7 Å². The van der Waals surface area contributed by atoms with Crippen LogP contribution in [0.3, 0.4) is 0 Å². The van der Waals surface area contributed by atoms with Crippen LogP contribution in [0.25, 0.3) is 11.5 Å². The number of fused-ring (bicyclic) bond motifs is 1. The number of amides is 1. The molecular weight excluding hydrogens is 398 g/mol. The largest absolute Gasteiger partial charge is 0.411 e. The van der Waals surface area contributed by atoms with Crippen molar-refractivity contribution in [3.05, 3.63) is 59.9 Å². The lowest BCUT2D eigenvalue weighted by molar-refractivity contribution is -0.130. The predicted molar refractivity (Wildman–Crippen MR) is 116 cm³/mol. The van der Waals surface area contributed by atoms with E-state index in [9.17, 15) is 4.79 Å². The Morgan fingerprint density at radius 2 is 1.97 bits per heavy atom. The van der Waals surface area contributed by atoms with Crippen LogP contribution in [0.4, 0.5) is 0 Å². The zero-order valence-corrected chi connectivity index (χ0v) is 18.0. The van der Waals surface area contributed by atoms with Gasteiger partial charge >= 0.3 is 0 Å². The van der Waals surface area contributed by atoms with E-state index in [-0.39, 0.29) is 5.91 Å². The molecule has 1 aliphatic heterocycles. The second-order valence-electron chi connectivity index (χ2n) is 7.52. The molecule has 0 saturated heterocycles. The van der Waals surface area contributed by atoms with E-state index >= 15 is 0 Å². The Morgan fingerprint density at radius 1 is 1.20 bits per heavy atom. The van der Waals surface area contributed by atoms with Crippen molar-refractivity contribution in [3.8, 4) is 11.5 Å². The molecule has 7 nitrogen and oxygen atoms in total. The molecule has 8 heteroatoms. The molecule has 3 aromatic rings. The fraction of sp³-hybridized carbons (Fsp3) is 0.364. The number of pyridine rings is 1. The maximum atomic E-state index is 12.6. The highest BCUT2D eigenvalue weighted by Gasteiger charge is 2.25. The van der Waals surface area contributed by atoms with Crippen LogP contribution in [0, 0.1) is 0 Å². The predicted octanol–water partition coefficient (Wildman–Crippen LogP) is 3.13. The first-order chi connectivity index (χ1) is 14.6. The number of thioether (sulfide) groups is 1. The topological polar surface area (TPSA) is 75.4 Å². The number of carbonyl (C=O) groups excluding carboxylic acids is 1. The average Bonchev–Trinajstić information content (AvgIpc) is 3.23. The summed E-state index contributed by atoms with van der Waals surface area (Å²) >= 11 is 1.41. The lowest BCUT2D eigenvalue weighted by atomic mass is 9.94. The van der Waals surface area contributed by atoms with Crippen molar-refractivity contribution in [3.63, 3.8) is 0 Å². The Balaban J connectivity index is 1.25. The molecule has 0 bridgehead atoms. The van der Waals surface area contributed by atoms with E-state index < -0.39 is 0 Å². The van der Waals surface area contributed by atoms with Gasteiger partial charge in [-0.15, -0.1) is 10.2 Å². The number of hydrogen-bond acceptors (Lipinski definition) is 7. The molecule has 0 N–H and O–H groups in total. The second-order valence-corrected chi connectivity index (χ2v) is 8.57. The van der Waals surface area contributed by atoms with Crippen LogP contribution < -0.4 is 0 Å². The van der Waals surface area contributed by atoms with E-state index in [1.807, 2.05) is 24.1 Å². The van der Waals surface area contributed by atoms with Crippen LogP contribution in [0.1, 0.15) is 17.5 Å². The molecule has 1 aliphatic rings. The normalized spacial score (nSPS) is 16.3. The monoisotopic (exact) mass is 423 g/mol. The van der Waals surface area contributed by atoms with Crippen molar-refractivity contribution in [2.45, 2.75) is 30.7 Å². The Bertz CT molecular complexity index is 994. The Hall–Kier alpha value is -2.71. The van der Waals surface area contributed by atoms with Crippen LogP contribution in [0.5, 0.6) is 0 Å². The Labute approximate surface area is 180 Å². The minimum absolute atomic E-state index is 0.128. The molecule has 1 unspecified atom stereocenters. The summed E-state index contributed by atoms with van der Waals surface area (Å²) in [7, 11) is 4.01. The molecule has 0 fully saturated rings. The molecule has 1 aromatic carbocycles. The summed E-state index contributed by atoms with van der Waals surface area (Å²) in [5.74, 6) is 1.19. The molecule has 0 aliphatic carbocycles. The highest BCUT2D eigenvalue weighted by atomic mass is 32.2. The molecule has 1 amide bonds. The van der Waals surface area contributed by atoms with E-state index in [0.717, 1.165) is 25.1 Å². The van der Waals surface area contributed by atoms with Crippen LogP contribution in [0.2, 0.25) is 0 Å². The van der Waals surface area contributed by atoms with Gasteiger partial charge in [-0.2, -0.15) is 0 Å². The van der Waals surface area contributed by atoms with E-state index in [2.05, 4.69) is 51.4 Å². The minimum atomic E-state index is 0.128. The zero-order valence-electron chi connectivity index (χ0n) is 17.2. The molecule has 3 heterocycles. The summed E-state index contributed by atoms with van der Waals surface area (Å²) in [6, 6.07) is 12.5. The summed E-state index contributed by atoms with van der Waals surface area (Å²) in [5.41, 5.74) is 3.60. The van der Waals surface area contributed by atoms with Gasteiger partial charge in [0, 0.05) is 56.3 Å². The zero-order chi connectivity index (χ0) is 20.9. The molecule has 1 atom stereocenters. The molecular formula is C22H25N5O2S. The quantitative estimate of drug-likeness (QED) is 0.541. The minimum Gasteiger partial charge on any atom is -0.411 e. The Kier molecular flexibility index (Phi) is 6.44. The molecule has 0 spiro atoms. The highest BCUT2D eigenvalue weighted by molar-refractivity contribution is 7.99. The third-order valence-electron chi connectivity index (χ3n) is 5.40. The van der Waals surface area contributed by atoms with Crippen molar-refractivity contribution in [2.75, 3.05) is 26.4 Å². The molecule has 0 saturated carbocycles. The summed E-state index contributed by atoms with van der Waals surface area (Å²) in [4.78, 5) is 20.8. The van der Waals surface area contributed by atoms with Crippen molar-refractivity contribution in [2.24, 2.45) is 0 Å². The first-order valence-corrected chi connectivity index (χ1v) is 11.0. The molecule has 0 radical (unpaired) electrons. The molecule has 156 valence electrons. The Morgan fingerprint density at radius 3 is 2.77 bits per heavy atom. The summed E-state index contributed by atoms with van der Waals surface area (Å²) in [5, 5.41) is 8.58. The molecule has 2 aromatic heterocycles. The van der Waals surface area contributed by atoms with Gasteiger partial charge in [0.2, 0.25) is 11.8 Å². The standard InChI is InChI=1S/C22H25N5O2S/c1-26-14-18-6-4-3-5-17(18)13-19(26)15-27(2)20(28)9-12-30-22-25-24-21(29-22)16-7-10-23-11-8-16/h3-8,10-11,19H,9,12-15H2,1-2H3. The SMILES string of the molecule is CN(CC1Cc2ccccc2CN1C)C(=O)CCSc1nnc(-c2ccncc2)o1. The fourth-order valence-electron chi connectivity index (χ4n) is 3.64. The number of nitrogens with zero attached hydrogens (tertiary/aromatic N) is 5. The summed E-state index contributed by atoms with van der Waals surface area (Å²) < 4.78 is 5.66. The number of hydrogen-bond donors (Lipinski definition) is 0. The number of likely N-dealkylation sites (N-methyl/N-ethyl adjacent to an activating group) is 2. The van der Waals surface area contributed by atoms with Crippen molar-refractivity contribution < 1.29 is 9.21 Å². The summed E-state index contributed by atoms with van der Waals surface area (Å²) in [6.45, 7) is 1.65. The van der Waals surface area contributed by atoms with E-state index in [1.165, 1.54) is 22.9 Å². The lowest BCUT2D eigenvalue weighted by Crippen LogP contribution is -2.46. The van der Waals surface area contributed by atoms with Crippen molar-refractivity contribution >= 4 is 17.7 Å². The number of benzene rings is 1. The van der Waals surface area contributed by atoms with Crippen LogP contribution in [0.15, 0.2) is 58.4 Å². The summed E-state index contributed by atoms with van der Waals surface area (Å²) in [6.07, 6.45) is 4.77. The van der Waals surface area contributed by atoms with Crippen LogP contribution in [-0.4, -0.2) is 63.3 Å². The average molecular weight is 424 g/mol.